The fourth-order valence-electron chi connectivity index (χ4n) is 3.18. The highest BCUT2D eigenvalue weighted by Gasteiger charge is 2.50. The zero-order valence-corrected chi connectivity index (χ0v) is 11.8. The summed E-state index contributed by atoms with van der Waals surface area (Å²) in [5.74, 6) is 0.645. The SMILES string of the molecule is Cc1cc(CN2C(=O)C3(CCCC3)NC(=O)C2C)no1. The van der Waals surface area contributed by atoms with Gasteiger partial charge in [0, 0.05) is 6.07 Å². The number of aromatic nitrogens is 1. The van der Waals surface area contributed by atoms with E-state index in [0.717, 1.165) is 25.7 Å². The Morgan fingerprint density at radius 1 is 1.45 bits per heavy atom. The number of carbonyl (C=O) groups excluding carboxylic acids is 2. The van der Waals surface area contributed by atoms with Crippen LogP contribution in [0, 0.1) is 6.92 Å². The van der Waals surface area contributed by atoms with Crippen molar-refractivity contribution < 1.29 is 14.1 Å². The second-order valence-corrected chi connectivity index (χ2v) is 5.82. The largest absolute Gasteiger partial charge is 0.361 e. The van der Waals surface area contributed by atoms with Crippen LogP contribution >= 0.6 is 0 Å². The van der Waals surface area contributed by atoms with Gasteiger partial charge in [0.05, 0.1) is 6.54 Å². The predicted octanol–water partition coefficient (Wildman–Crippen LogP) is 1.14. The number of nitrogens with one attached hydrogen (secondary N) is 1. The Hall–Kier alpha value is -1.85. The lowest BCUT2D eigenvalue weighted by atomic mass is 9.91. The van der Waals surface area contributed by atoms with Crippen LogP contribution in [0.1, 0.15) is 44.1 Å². The Bertz CT molecular complexity index is 546. The lowest BCUT2D eigenvalue weighted by Crippen LogP contribution is -2.68. The smallest absolute Gasteiger partial charge is 0.249 e. The summed E-state index contributed by atoms with van der Waals surface area (Å²) in [6.07, 6.45) is 3.44. The molecule has 20 heavy (non-hydrogen) atoms. The summed E-state index contributed by atoms with van der Waals surface area (Å²) in [6, 6.07) is 1.33. The molecule has 1 spiro atoms. The van der Waals surface area contributed by atoms with Crippen LogP contribution in [0.15, 0.2) is 10.6 Å². The third-order valence-electron chi connectivity index (χ3n) is 4.35. The van der Waals surface area contributed by atoms with Crippen molar-refractivity contribution >= 4 is 11.8 Å². The molecule has 1 aromatic heterocycles. The summed E-state index contributed by atoms with van der Waals surface area (Å²) < 4.78 is 5.03. The van der Waals surface area contributed by atoms with E-state index in [1.54, 1.807) is 17.9 Å². The molecule has 0 radical (unpaired) electrons. The maximum Gasteiger partial charge on any atom is 0.249 e. The minimum atomic E-state index is -0.678. The normalized spacial score (nSPS) is 25.3. The molecule has 2 heterocycles. The number of nitrogens with zero attached hydrogens (tertiary/aromatic N) is 2. The van der Waals surface area contributed by atoms with E-state index in [-0.39, 0.29) is 11.8 Å². The number of piperazine rings is 1. The predicted molar refractivity (Wildman–Crippen MR) is 70.6 cm³/mol. The van der Waals surface area contributed by atoms with E-state index in [4.69, 9.17) is 4.52 Å². The molecule has 1 saturated carbocycles. The molecule has 0 bridgehead atoms. The van der Waals surface area contributed by atoms with Crippen LogP contribution in [0.2, 0.25) is 0 Å². The number of hydrogen-bond acceptors (Lipinski definition) is 4. The molecule has 2 amide bonds. The second kappa shape index (κ2) is 4.61. The number of amides is 2. The van der Waals surface area contributed by atoms with E-state index >= 15 is 0 Å². The molecule has 1 aromatic rings. The van der Waals surface area contributed by atoms with Crippen LogP contribution < -0.4 is 5.32 Å². The quantitative estimate of drug-likeness (QED) is 0.879. The van der Waals surface area contributed by atoms with E-state index in [2.05, 4.69) is 10.5 Å². The van der Waals surface area contributed by atoms with Crippen molar-refractivity contribution in [3.05, 3.63) is 17.5 Å². The molecule has 1 aliphatic carbocycles. The van der Waals surface area contributed by atoms with Crippen molar-refractivity contribution in [1.82, 2.24) is 15.4 Å². The highest BCUT2D eigenvalue weighted by Crippen LogP contribution is 2.35. The lowest BCUT2D eigenvalue weighted by molar-refractivity contribution is -0.154. The Balaban J connectivity index is 1.86. The molecule has 2 fully saturated rings. The van der Waals surface area contributed by atoms with E-state index < -0.39 is 11.6 Å². The Labute approximate surface area is 117 Å². The zero-order chi connectivity index (χ0) is 14.3. The molecule has 1 unspecified atom stereocenters. The van der Waals surface area contributed by atoms with Gasteiger partial charge in [0.2, 0.25) is 11.8 Å². The molecule has 1 atom stereocenters. The monoisotopic (exact) mass is 277 g/mol. The molecular formula is C14H19N3O3. The summed E-state index contributed by atoms with van der Waals surface area (Å²) >= 11 is 0. The third kappa shape index (κ3) is 1.99. The second-order valence-electron chi connectivity index (χ2n) is 5.82. The standard InChI is InChI=1S/C14H19N3O3/c1-9-7-11(16-20-9)8-17-10(2)12(18)15-14(13(17)19)5-3-4-6-14/h7,10H,3-6,8H2,1-2H3,(H,15,18). The highest BCUT2D eigenvalue weighted by molar-refractivity contribution is 5.99. The first-order chi connectivity index (χ1) is 9.52. The van der Waals surface area contributed by atoms with Crippen LogP contribution in [0.4, 0.5) is 0 Å². The third-order valence-corrected chi connectivity index (χ3v) is 4.35. The van der Waals surface area contributed by atoms with E-state index in [0.29, 0.717) is 18.0 Å². The van der Waals surface area contributed by atoms with Gasteiger partial charge in [-0.15, -0.1) is 0 Å². The van der Waals surface area contributed by atoms with Crippen molar-refractivity contribution in [3.63, 3.8) is 0 Å². The topological polar surface area (TPSA) is 75.4 Å². The van der Waals surface area contributed by atoms with E-state index in [9.17, 15) is 9.59 Å². The van der Waals surface area contributed by atoms with Gasteiger partial charge in [0.15, 0.2) is 0 Å². The van der Waals surface area contributed by atoms with Crippen molar-refractivity contribution in [3.8, 4) is 0 Å². The van der Waals surface area contributed by atoms with Gasteiger partial charge in [0.1, 0.15) is 23.0 Å². The van der Waals surface area contributed by atoms with Crippen molar-refractivity contribution in [2.24, 2.45) is 0 Å². The first-order valence-corrected chi connectivity index (χ1v) is 7.07. The van der Waals surface area contributed by atoms with Crippen molar-refractivity contribution in [2.75, 3.05) is 0 Å². The fourth-order valence-corrected chi connectivity index (χ4v) is 3.18. The summed E-state index contributed by atoms with van der Waals surface area (Å²) in [5.41, 5.74) is 0.00749. The summed E-state index contributed by atoms with van der Waals surface area (Å²) in [7, 11) is 0. The lowest BCUT2D eigenvalue weighted by Gasteiger charge is -2.43. The first-order valence-electron chi connectivity index (χ1n) is 7.07. The van der Waals surface area contributed by atoms with E-state index in [1.165, 1.54) is 0 Å². The Morgan fingerprint density at radius 3 is 2.75 bits per heavy atom. The maximum atomic E-state index is 12.8. The van der Waals surface area contributed by atoms with Crippen LogP contribution in [0.5, 0.6) is 0 Å². The van der Waals surface area contributed by atoms with Gasteiger partial charge in [-0.3, -0.25) is 9.59 Å². The van der Waals surface area contributed by atoms with Gasteiger partial charge < -0.3 is 14.7 Å². The number of hydrogen-bond donors (Lipinski definition) is 1. The minimum absolute atomic E-state index is 0.0164. The van der Waals surface area contributed by atoms with Crippen LogP contribution in [0.3, 0.4) is 0 Å². The molecule has 1 saturated heterocycles. The Kier molecular flexibility index (Phi) is 3.03. The minimum Gasteiger partial charge on any atom is -0.361 e. The average molecular weight is 277 g/mol. The molecule has 2 aliphatic rings. The molecule has 6 nitrogen and oxygen atoms in total. The van der Waals surface area contributed by atoms with Gasteiger partial charge >= 0.3 is 0 Å². The Morgan fingerprint density at radius 2 is 2.15 bits per heavy atom. The molecule has 1 N–H and O–H groups in total. The molecule has 0 aromatic carbocycles. The molecule has 108 valence electrons. The van der Waals surface area contributed by atoms with Gasteiger partial charge in [-0.25, -0.2) is 0 Å². The summed E-state index contributed by atoms with van der Waals surface area (Å²) in [5, 5.41) is 6.86. The molecular weight excluding hydrogens is 258 g/mol. The number of aryl methyl sites for hydroxylation is 1. The molecule has 3 rings (SSSR count). The van der Waals surface area contributed by atoms with Gasteiger partial charge in [-0.1, -0.05) is 18.0 Å². The summed E-state index contributed by atoms with van der Waals surface area (Å²) in [4.78, 5) is 26.6. The highest BCUT2D eigenvalue weighted by atomic mass is 16.5. The van der Waals surface area contributed by atoms with Gasteiger partial charge in [-0.05, 0) is 26.7 Å². The van der Waals surface area contributed by atoms with Crippen LogP contribution in [-0.4, -0.2) is 33.5 Å². The molecule has 6 heteroatoms. The first kappa shape index (κ1) is 13.1. The van der Waals surface area contributed by atoms with E-state index in [1.807, 2.05) is 6.92 Å². The van der Waals surface area contributed by atoms with Gasteiger partial charge in [0.25, 0.3) is 0 Å². The average Bonchev–Trinajstić information content (AvgIpc) is 3.03. The summed E-state index contributed by atoms with van der Waals surface area (Å²) in [6.45, 7) is 3.89. The maximum absolute atomic E-state index is 12.8. The van der Waals surface area contributed by atoms with Crippen molar-refractivity contribution in [1.29, 1.82) is 0 Å². The van der Waals surface area contributed by atoms with Crippen LogP contribution in [0.25, 0.3) is 0 Å². The zero-order valence-electron chi connectivity index (χ0n) is 11.8. The van der Waals surface area contributed by atoms with Crippen molar-refractivity contribution in [2.45, 2.75) is 57.7 Å². The number of carbonyl (C=O) groups is 2. The van der Waals surface area contributed by atoms with Gasteiger partial charge in [-0.2, -0.15) is 0 Å². The fraction of sp³-hybridized carbons (Fsp3) is 0.643. The number of rotatable bonds is 2. The van der Waals surface area contributed by atoms with Crippen LogP contribution in [-0.2, 0) is 16.1 Å². The molecule has 1 aliphatic heterocycles.